The van der Waals surface area contributed by atoms with E-state index >= 15 is 0 Å². The van der Waals surface area contributed by atoms with Crippen molar-refractivity contribution in [3.63, 3.8) is 0 Å². The van der Waals surface area contributed by atoms with E-state index in [1.165, 1.54) is 14.0 Å². The normalized spacial score (nSPS) is 11.5. The van der Waals surface area contributed by atoms with Gasteiger partial charge in [-0.2, -0.15) is 11.8 Å². The molecule has 0 saturated heterocycles. The highest BCUT2D eigenvalue weighted by Gasteiger charge is 2.19. The second-order valence-corrected chi connectivity index (χ2v) is 4.31. The molecule has 0 heterocycles. The van der Waals surface area contributed by atoms with Crippen LogP contribution >= 0.6 is 11.8 Å². The van der Waals surface area contributed by atoms with E-state index in [9.17, 15) is 14.4 Å². The van der Waals surface area contributed by atoms with Crippen molar-refractivity contribution in [2.75, 3.05) is 25.7 Å². The van der Waals surface area contributed by atoms with Gasteiger partial charge in [0.25, 0.3) is 0 Å². The summed E-state index contributed by atoms with van der Waals surface area (Å²) < 4.78 is 4.40. The Morgan fingerprint density at radius 1 is 1.35 bits per heavy atom. The number of esters is 1. The molecule has 6 nitrogen and oxygen atoms in total. The first-order valence-electron chi connectivity index (χ1n) is 5.11. The van der Waals surface area contributed by atoms with E-state index < -0.39 is 12.0 Å². The second-order valence-electron chi connectivity index (χ2n) is 3.33. The topological polar surface area (TPSA) is 84.5 Å². The first-order valence-corrected chi connectivity index (χ1v) is 6.51. The Morgan fingerprint density at radius 2 is 2.00 bits per heavy atom. The maximum atomic E-state index is 11.7. The van der Waals surface area contributed by atoms with Crippen LogP contribution in [0.1, 0.15) is 13.3 Å². The van der Waals surface area contributed by atoms with Gasteiger partial charge in [-0.1, -0.05) is 0 Å². The zero-order valence-electron chi connectivity index (χ0n) is 10.2. The lowest BCUT2D eigenvalue weighted by atomic mass is 10.2. The third-order valence-electron chi connectivity index (χ3n) is 1.94. The van der Waals surface area contributed by atoms with E-state index in [1.54, 1.807) is 11.8 Å². The van der Waals surface area contributed by atoms with Crippen molar-refractivity contribution in [2.24, 2.45) is 0 Å². The smallest absolute Gasteiger partial charge is 0.325 e. The quantitative estimate of drug-likeness (QED) is 0.606. The highest BCUT2D eigenvalue weighted by molar-refractivity contribution is 7.98. The first kappa shape index (κ1) is 15.8. The maximum Gasteiger partial charge on any atom is 0.325 e. The van der Waals surface area contributed by atoms with E-state index in [4.69, 9.17) is 0 Å². The maximum absolute atomic E-state index is 11.7. The first-order chi connectivity index (χ1) is 8.01. The molecular formula is C10H18N2O4S. The fourth-order valence-corrected chi connectivity index (χ4v) is 1.58. The average Bonchev–Trinajstić information content (AvgIpc) is 2.30. The molecule has 17 heavy (non-hydrogen) atoms. The average molecular weight is 262 g/mol. The Balaban J connectivity index is 4.20. The number of carbonyl (C=O) groups excluding carboxylic acids is 3. The van der Waals surface area contributed by atoms with Crippen molar-refractivity contribution in [1.29, 1.82) is 0 Å². The monoisotopic (exact) mass is 262 g/mol. The Kier molecular flexibility index (Phi) is 8.21. The molecule has 1 atom stereocenters. The van der Waals surface area contributed by atoms with E-state index in [-0.39, 0.29) is 18.4 Å². The summed E-state index contributed by atoms with van der Waals surface area (Å²) in [4.78, 5) is 33.4. The lowest BCUT2D eigenvalue weighted by molar-refractivity contribution is -0.141. The Labute approximate surface area is 105 Å². The van der Waals surface area contributed by atoms with E-state index in [0.29, 0.717) is 6.42 Å². The van der Waals surface area contributed by atoms with Crippen LogP contribution in [0.5, 0.6) is 0 Å². The largest absolute Gasteiger partial charge is 0.468 e. The van der Waals surface area contributed by atoms with Gasteiger partial charge in [0.1, 0.15) is 12.6 Å². The fraction of sp³-hybridized carbons (Fsp3) is 0.700. The van der Waals surface area contributed by atoms with Crippen molar-refractivity contribution in [2.45, 2.75) is 19.4 Å². The number of thioether (sulfide) groups is 1. The third kappa shape index (κ3) is 7.62. The van der Waals surface area contributed by atoms with Gasteiger partial charge < -0.3 is 15.4 Å². The number of rotatable bonds is 7. The summed E-state index contributed by atoms with van der Waals surface area (Å²) in [5, 5.41) is 4.95. The molecule has 98 valence electrons. The summed E-state index contributed by atoms with van der Waals surface area (Å²) in [6.45, 7) is 1.16. The molecule has 0 aromatic heterocycles. The summed E-state index contributed by atoms with van der Waals surface area (Å²) >= 11 is 1.58. The van der Waals surface area contributed by atoms with Crippen LogP contribution in [0.25, 0.3) is 0 Å². The van der Waals surface area contributed by atoms with Crippen LogP contribution in [0.4, 0.5) is 0 Å². The number of nitrogens with one attached hydrogen (secondary N) is 2. The van der Waals surface area contributed by atoms with E-state index in [2.05, 4.69) is 15.4 Å². The van der Waals surface area contributed by atoms with Gasteiger partial charge in [-0.05, 0) is 18.4 Å². The van der Waals surface area contributed by atoms with Gasteiger partial charge in [0.2, 0.25) is 11.8 Å². The summed E-state index contributed by atoms with van der Waals surface area (Å²) in [6, 6.07) is -0.607. The van der Waals surface area contributed by atoms with Crippen LogP contribution < -0.4 is 10.6 Å². The molecule has 2 amide bonds. The Morgan fingerprint density at radius 3 is 2.47 bits per heavy atom. The molecule has 0 aliphatic rings. The van der Waals surface area contributed by atoms with Crippen LogP contribution in [0.3, 0.4) is 0 Å². The zero-order chi connectivity index (χ0) is 13.3. The number of carbonyl (C=O) groups is 3. The SMILES string of the molecule is COC(=O)CNC(=O)[C@@H](CCSC)NC(C)=O. The van der Waals surface area contributed by atoms with Crippen molar-refractivity contribution >= 4 is 29.5 Å². The Bertz CT molecular complexity index is 283. The third-order valence-corrected chi connectivity index (χ3v) is 2.58. The van der Waals surface area contributed by atoms with Crippen LogP contribution in [0.15, 0.2) is 0 Å². The number of hydrogen-bond donors (Lipinski definition) is 2. The standard InChI is InChI=1S/C10H18N2O4S/c1-7(13)12-8(4-5-17-3)10(15)11-6-9(14)16-2/h8H,4-6H2,1-3H3,(H,11,15)(H,12,13)/t8-/m1/s1. The van der Waals surface area contributed by atoms with Gasteiger partial charge in [-0.25, -0.2) is 0 Å². The summed E-state index contributed by atoms with van der Waals surface area (Å²) in [5.74, 6) is -0.426. The summed E-state index contributed by atoms with van der Waals surface area (Å²) in [5.41, 5.74) is 0. The highest BCUT2D eigenvalue weighted by atomic mass is 32.2. The van der Waals surface area contributed by atoms with Gasteiger partial charge >= 0.3 is 5.97 Å². The highest BCUT2D eigenvalue weighted by Crippen LogP contribution is 2.01. The number of hydrogen-bond acceptors (Lipinski definition) is 5. The van der Waals surface area contributed by atoms with Crippen molar-refractivity contribution < 1.29 is 19.1 Å². The summed E-state index contributed by atoms with van der Waals surface area (Å²) in [6.07, 6.45) is 2.44. The molecule has 7 heteroatoms. The zero-order valence-corrected chi connectivity index (χ0v) is 11.1. The molecule has 2 N–H and O–H groups in total. The molecule has 0 unspecified atom stereocenters. The molecule has 0 aromatic carbocycles. The van der Waals surface area contributed by atoms with Crippen LogP contribution in [0.2, 0.25) is 0 Å². The number of amides is 2. The lowest BCUT2D eigenvalue weighted by Gasteiger charge is -2.16. The molecule has 0 aliphatic carbocycles. The fourth-order valence-electron chi connectivity index (χ4n) is 1.10. The molecule has 0 spiro atoms. The lowest BCUT2D eigenvalue weighted by Crippen LogP contribution is -2.47. The van der Waals surface area contributed by atoms with Gasteiger partial charge in [0.15, 0.2) is 0 Å². The van der Waals surface area contributed by atoms with Crippen molar-refractivity contribution in [3.05, 3.63) is 0 Å². The molecule has 0 saturated carbocycles. The molecule has 0 rings (SSSR count). The predicted octanol–water partition coefficient (Wildman–Crippen LogP) is -0.467. The minimum atomic E-state index is -0.607. The van der Waals surface area contributed by atoms with Gasteiger partial charge in [-0.3, -0.25) is 14.4 Å². The van der Waals surface area contributed by atoms with Crippen molar-refractivity contribution in [3.8, 4) is 0 Å². The van der Waals surface area contributed by atoms with E-state index in [1.807, 2.05) is 6.26 Å². The molecule has 0 aromatic rings. The van der Waals surface area contributed by atoms with Crippen molar-refractivity contribution in [1.82, 2.24) is 10.6 Å². The molecule has 0 fully saturated rings. The van der Waals surface area contributed by atoms with Crippen LogP contribution in [-0.4, -0.2) is 49.5 Å². The molecule has 0 aliphatic heterocycles. The predicted molar refractivity (Wildman–Crippen MR) is 65.6 cm³/mol. The van der Waals surface area contributed by atoms with Gasteiger partial charge in [0, 0.05) is 6.92 Å². The van der Waals surface area contributed by atoms with Crippen LogP contribution in [-0.2, 0) is 19.1 Å². The molecule has 0 radical (unpaired) electrons. The Hall–Kier alpha value is -1.24. The molecule has 0 bridgehead atoms. The molecular weight excluding hydrogens is 244 g/mol. The minimum Gasteiger partial charge on any atom is -0.468 e. The van der Waals surface area contributed by atoms with E-state index in [0.717, 1.165) is 5.75 Å². The second kappa shape index (κ2) is 8.86. The minimum absolute atomic E-state index is 0.190. The van der Waals surface area contributed by atoms with Crippen LogP contribution in [0, 0.1) is 0 Å². The van der Waals surface area contributed by atoms with Gasteiger partial charge in [0.05, 0.1) is 7.11 Å². The van der Waals surface area contributed by atoms with Gasteiger partial charge in [-0.15, -0.1) is 0 Å². The summed E-state index contributed by atoms with van der Waals surface area (Å²) in [7, 11) is 1.24. The number of methoxy groups -OCH3 is 1. The number of ether oxygens (including phenoxy) is 1.